The summed E-state index contributed by atoms with van der Waals surface area (Å²) in [6.45, 7) is 11.0. The van der Waals surface area contributed by atoms with Crippen LogP contribution in [0.25, 0.3) is 0 Å². The number of Topliss-reactive ketones (excluding diaryl/α,β-unsaturated/α-hetero) is 2. The fourth-order valence-electron chi connectivity index (χ4n) is 0.955. The van der Waals surface area contributed by atoms with Crippen LogP contribution in [0, 0.1) is 0 Å². The van der Waals surface area contributed by atoms with Gasteiger partial charge in [0, 0.05) is 26.2 Å². The molecule has 0 aromatic rings. The van der Waals surface area contributed by atoms with Crippen LogP contribution < -0.4 is 0 Å². The second-order valence-electron chi connectivity index (χ2n) is 3.43. The van der Waals surface area contributed by atoms with Crippen LogP contribution in [0.15, 0.2) is 0 Å². The summed E-state index contributed by atoms with van der Waals surface area (Å²) in [5.74, 6) is -0.0191. The fourth-order valence-corrected chi connectivity index (χ4v) is 2.06. The highest BCUT2D eigenvalue weighted by molar-refractivity contribution is 6.36. The van der Waals surface area contributed by atoms with Crippen molar-refractivity contribution in [3.05, 3.63) is 0 Å². The van der Waals surface area contributed by atoms with Gasteiger partial charge in [0.1, 0.15) is 11.6 Å². The standard InChI is InChI=1S/C6H16O3Si.C6H10O2/c1-4-7-10(8-5-2)9-6-3;1-3-6(8)4-5(2)7/h10H,4-6H2,1-3H3;3-4H2,1-2H3. The van der Waals surface area contributed by atoms with Crippen molar-refractivity contribution >= 4 is 21.1 Å². The molecule has 0 saturated heterocycles. The predicted octanol–water partition coefficient (Wildman–Crippen LogP) is 1.76. The van der Waals surface area contributed by atoms with Crippen LogP contribution in [0.2, 0.25) is 0 Å². The molecule has 0 aromatic carbocycles. The number of carbonyl (C=O) groups is 2. The quantitative estimate of drug-likeness (QED) is 0.475. The van der Waals surface area contributed by atoms with Gasteiger partial charge in [0.05, 0.1) is 6.42 Å². The third-order valence-corrected chi connectivity index (χ3v) is 3.57. The lowest BCUT2D eigenvalue weighted by molar-refractivity contribution is -0.125. The average molecular weight is 278 g/mol. The van der Waals surface area contributed by atoms with Crippen molar-refractivity contribution in [2.75, 3.05) is 19.8 Å². The van der Waals surface area contributed by atoms with Gasteiger partial charge in [-0.15, -0.1) is 0 Å². The van der Waals surface area contributed by atoms with Crippen LogP contribution in [-0.4, -0.2) is 40.9 Å². The van der Waals surface area contributed by atoms with E-state index in [4.69, 9.17) is 13.3 Å². The molecule has 0 N–H and O–H groups in total. The summed E-state index contributed by atoms with van der Waals surface area (Å²) in [7, 11) is -1.73. The molecule has 0 fully saturated rings. The minimum absolute atomic E-state index is 0.0255. The van der Waals surface area contributed by atoms with E-state index in [1.54, 1.807) is 6.92 Å². The van der Waals surface area contributed by atoms with Crippen LogP contribution >= 0.6 is 0 Å². The van der Waals surface area contributed by atoms with Gasteiger partial charge in [0.25, 0.3) is 0 Å². The molecule has 18 heavy (non-hydrogen) atoms. The molecule has 0 aliphatic rings. The molecule has 0 unspecified atom stereocenters. The fraction of sp³-hybridized carbons (Fsp3) is 0.833. The first-order valence-corrected chi connectivity index (χ1v) is 7.78. The average Bonchev–Trinajstić information content (AvgIpc) is 2.30. The molecule has 0 bridgehead atoms. The van der Waals surface area contributed by atoms with E-state index < -0.39 is 9.53 Å². The molecule has 0 amide bonds. The normalized spacial score (nSPS) is 9.89. The molecule has 0 atom stereocenters. The summed E-state index contributed by atoms with van der Waals surface area (Å²) < 4.78 is 15.7. The van der Waals surface area contributed by atoms with Gasteiger partial charge in [-0.2, -0.15) is 0 Å². The van der Waals surface area contributed by atoms with Crippen LogP contribution in [0.3, 0.4) is 0 Å². The molecule has 5 nitrogen and oxygen atoms in total. The van der Waals surface area contributed by atoms with Crippen LogP contribution in [0.5, 0.6) is 0 Å². The number of hydrogen-bond donors (Lipinski definition) is 0. The Bertz CT molecular complexity index is 206. The van der Waals surface area contributed by atoms with Gasteiger partial charge in [0.2, 0.25) is 0 Å². The largest absolute Gasteiger partial charge is 0.484 e. The molecule has 0 rings (SSSR count). The van der Waals surface area contributed by atoms with Crippen molar-refractivity contribution in [3.8, 4) is 0 Å². The maximum atomic E-state index is 10.4. The zero-order valence-corrected chi connectivity index (χ0v) is 13.3. The second-order valence-corrected chi connectivity index (χ2v) is 5.00. The molecular weight excluding hydrogens is 252 g/mol. The van der Waals surface area contributed by atoms with Crippen LogP contribution in [-0.2, 0) is 22.9 Å². The lowest BCUT2D eigenvalue weighted by Crippen LogP contribution is -2.27. The molecule has 0 aliphatic carbocycles. The zero-order chi connectivity index (χ0) is 14.4. The number of hydrogen-bond acceptors (Lipinski definition) is 5. The van der Waals surface area contributed by atoms with E-state index in [-0.39, 0.29) is 18.0 Å². The maximum Gasteiger partial charge on any atom is 0.484 e. The Morgan fingerprint density at radius 2 is 1.28 bits per heavy atom. The summed E-state index contributed by atoms with van der Waals surface area (Å²) in [5.41, 5.74) is 0. The third-order valence-electron chi connectivity index (χ3n) is 1.75. The highest BCUT2D eigenvalue weighted by Gasteiger charge is 2.11. The Hall–Kier alpha value is -0.563. The molecule has 0 aromatic heterocycles. The van der Waals surface area contributed by atoms with Crippen molar-refractivity contribution in [2.24, 2.45) is 0 Å². The summed E-state index contributed by atoms with van der Waals surface area (Å²) in [6, 6.07) is 0. The smallest absolute Gasteiger partial charge is 0.376 e. The molecule has 108 valence electrons. The molecule has 0 aliphatic heterocycles. The van der Waals surface area contributed by atoms with E-state index in [2.05, 4.69) is 0 Å². The van der Waals surface area contributed by atoms with E-state index in [0.717, 1.165) is 0 Å². The van der Waals surface area contributed by atoms with E-state index in [0.29, 0.717) is 26.2 Å². The SMILES string of the molecule is CCC(=O)CC(C)=O.CCO[SiH](OCC)OCC. The summed E-state index contributed by atoms with van der Waals surface area (Å²) in [5, 5.41) is 0. The Balaban J connectivity index is 0. The Labute approximate surface area is 112 Å². The van der Waals surface area contributed by atoms with Crippen molar-refractivity contribution in [3.63, 3.8) is 0 Å². The van der Waals surface area contributed by atoms with E-state index in [9.17, 15) is 9.59 Å². The number of carbonyl (C=O) groups excluding carboxylic acids is 2. The first-order chi connectivity index (χ1) is 8.51. The Morgan fingerprint density at radius 1 is 0.889 bits per heavy atom. The topological polar surface area (TPSA) is 61.8 Å². The molecule has 0 heterocycles. The monoisotopic (exact) mass is 278 g/mol. The van der Waals surface area contributed by atoms with Gasteiger partial charge in [-0.25, -0.2) is 0 Å². The molecule has 6 heteroatoms. The molecule has 0 spiro atoms. The number of ketones is 2. The van der Waals surface area contributed by atoms with Gasteiger partial charge < -0.3 is 13.3 Å². The van der Waals surface area contributed by atoms with Crippen molar-refractivity contribution in [1.29, 1.82) is 0 Å². The van der Waals surface area contributed by atoms with Gasteiger partial charge in [-0.1, -0.05) is 6.92 Å². The van der Waals surface area contributed by atoms with Crippen molar-refractivity contribution in [2.45, 2.75) is 47.5 Å². The van der Waals surface area contributed by atoms with Gasteiger partial charge in [-0.05, 0) is 27.7 Å². The van der Waals surface area contributed by atoms with Crippen molar-refractivity contribution in [1.82, 2.24) is 0 Å². The maximum absolute atomic E-state index is 10.4. The highest BCUT2D eigenvalue weighted by atomic mass is 28.3. The minimum Gasteiger partial charge on any atom is -0.376 e. The number of rotatable bonds is 9. The second kappa shape index (κ2) is 14.5. The first-order valence-electron chi connectivity index (χ1n) is 6.37. The summed E-state index contributed by atoms with van der Waals surface area (Å²) in [6.07, 6.45) is 0.579. The Kier molecular flexibility index (Phi) is 15.9. The van der Waals surface area contributed by atoms with Crippen LogP contribution in [0.1, 0.15) is 47.5 Å². The van der Waals surface area contributed by atoms with Gasteiger partial charge in [0.15, 0.2) is 0 Å². The van der Waals surface area contributed by atoms with Gasteiger partial charge in [-0.3, -0.25) is 9.59 Å². The third kappa shape index (κ3) is 15.4. The molecular formula is C12H26O5Si. The molecule has 0 radical (unpaired) electrons. The highest BCUT2D eigenvalue weighted by Crippen LogP contribution is 1.91. The zero-order valence-electron chi connectivity index (χ0n) is 12.2. The van der Waals surface area contributed by atoms with Gasteiger partial charge >= 0.3 is 9.53 Å². The Morgan fingerprint density at radius 3 is 1.44 bits per heavy atom. The summed E-state index contributed by atoms with van der Waals surface area (Å²) >= 11 is 0. The molecule has 0 saturated carbocycles. The first kappa shape index (κ1) is 19.8. The lowest BCUT2D eigenvalue weighted by atomic mass is 10.2. The minimum atomic E-state index is -1.73. The predicted molar refractivity (Wildman–Crippen MR) is 72.6 cm³/mol. The van der Waals surface area contributed by atoms with E-state index in [1.165, 1.54) is 6.92 Å². The van der Waals surface area contributed by atoms with E-state index in [1.807, 2.05) is 20.8 Å². The lowest BCUT2D eigenvalue weighted by Gasteiger charge is -2.12. The van der Waals surface area contributed by atoms with E-state index >= 15 is 0 Å². The van der Waals surface area contributed by atoms with Crippen molar-refractivity contribution < 1.29 is 22.9 Å². The van der Waals surface area contributed by atoms with Crippen LogP contribution in [0.4, 0.5) is 0 Å². The summed E-state index contributed by atoms with van der Waals surface area (Å²) in [4.78, 5) is 20.6.